The molecule has 0 bridgehead atoms. The van der Waals surface area contributed by atoms with E-state index in [9.17, 15) is 14.0 Å². The molecule has 2 fully saturated rings. The summed E-state index contributed by atoms with van der Waals surface area (Å²) in [5.74, 6) is -1.65. The molecule has 1 unspecified atom stereocenters. The number of carbonyl (C=O) groups excluding carboxylic acids is 2. The summed E-state index contributed by atoms with van der Waals surface area (Å²) in [7, 11) is 0. The number of hydrogen-bond donors (Lipinski definition) is 1. The Labute approximate surface area is 127 Å². The Morgan fingerprint density at radius 3 is 2.59 bits per heavy atom. The van der Waals surface area contributed by atoms with Gasteiger partial charge in [-0.25, -0.2) is 9.18 Å². The molecule has 2 aliphatic rings. The molecule has 3 rings (SSSR count). The van der Waals surface area contributed by atoms with E-state index in [4.69, 9.17) is 4.74 Å². The summed E-state index contributed by atoms with van der Waals surface area (Å²) in [6.07, 6.45) is 0.154. The second-order valence-electron chi connectivity index (χ2n) is 5.53. The summed E-state index contributed by atoms with van der Waals surface area (Å²) in [6.45, 7) is 1.15. The number of cyclic esters (lactones) is 1. The zero-order valence-electron chi connectivity index (χ0n) is 12.1. The number of hydrogen-bond acceptors (Lipinski definition) is 4. The van der Waals surface area contributed by atoms with Gasteiger partial charge in [-0.3, -0.25) is 14.6 Å². The largest absolute Gasteiger partial charge is 0.445 e. The number of para-hydroxylation sites is 1. The molecule has 1 atom stereocenters. The Morgan fingerprint density at radius 1 is 1.27 bits per heavy atom. The maximum absolute atomic E-state index is 14.2. The number of alkyl halides is 1. The van der Waals surface area contributed by atoms with Gasteiger partial charge in [0.2, 0.25) is 6.41 Å². The van der Waals surface area contributed by atoms with Crippen LogP contribution in [-0.4, -0.2) is 49.1 Å². The molecule has 0 aromatic heterocycles. The van der Waals surface area contributed by atoms with Crippen molar-refractivity contribution in [1.29, 1.82) is 0 Å². The molecule has 22 heavy (non-hydrogen) atoms. The van der Waals surface area contributed by atoms with Crippen LogP contribution in [0.3, 0.4) is 0 Å². The molecule has 6 nitrogen and oxygen atoms in total. The molecule has 118 valence electrons. The van der Waals surface area contributed by atoms with Crippen molar-refractivity contribution >= 4 is 18.2 Å². The number of amides is 2. The monoisotopic (exact) mass is 307 g/mol. The molecule has 7 heteroatoms. The first-order valence-corrected chi connectivity index (χ1v) is 7.28. The molecule has 1 aromatic carbocycles. The van der Waals surface area contributed by atoms with E-state index in [-0.39, 0.29) is 31.7 Å². The predicted octanol–water partition coefficient (Wildman–Crippen LogP) is 1.48. The van der Waals surface area contributed by atoms with E-state index >= 15 is 0 Å². The van der Waals surface area contributed by atoms with E-state index in [1.54, 1.807) is 4.90 Å². The Morgan fingerprint density at radius 2 is 1.95 bits per heavy atom. The van der Waals surface area contributed by atoms with Crippen molar-refractivity contribution in [2.24, 2.45) is 0 Å². The van der Waals surface area contributed by atoms with Gasteiger partial charge >= 0.3 is 6.09 Å². The average molecular weight is 307 g/mol. The van der Waals surface area contributed by atoms with E-state index < -0.39 is 5.79 Å². The average Bonchev–Trinajstić information content (AvgIpc) is 2.91. The molecule has 2 heterocycles. The molecule has 2 saturated heterocycles. The summed E-state index contributed by atoms with van der Waals surface area (Å²) < 4.78 is 19.4. The highest BCUT2D eigenvalue weighted by atomic mass is 19.1. The smallest absolute Gasteiger partial charge is 0.415 e. The van der Waals surface area contributed by atoms with Crippen LogP contribution in [0.1, 0.15) is 12.8 Å². The third-order valence-electron chi connectivity index (χ3n) is 4.21. The third-order valence-corrected chi connectivity index (χ3v) is 4.21. The number of anilines is 1. The van der Waals surface area contributed by atoms with Gasteiger partial charge in [0.25, 0.3) is 0 Å². The van der Waals surface area contributed by atoms with Gasteiger partial charge < -0.3 is 10.1 Å². The first-order valence-electron chi connectivity index (χ1n) is 7.28. The lowest BCUT2D eigenvalue weighted by atomic mass is 10.0. The van der Waals surface area contributed by atoms with Crippen molar-refractivity contribution in [1.82, 2.24) is 10.2 Å². The van der Waals surface area contributed by atoms with Crippen molar-refractivity contribution in [2.45, 2.75) is 24.8 Å². The van der Waals surface area contributed by atoms with Gasteiger partial charge in [0.05, 0.1) is 0 Å². The molecular formula is C15H18FN3O3. The fourth-order valence-corrected chi connectivity index (χ4v) is 2.97. The van der Waals surface area contributed by atoms with Crippen molar-refractivity contribution in [2.75, 3.05) is 24.6 Å². The maximum atomic E-state index is 14.2. The summed E-state index contributed by atoms with van der Waals surface area (Å²) in [5, 5.41) is 2.24. The molecule has 0 radical (unpaired) electrons. The molecule has 0 saturated carbocycles. The zero-order chi connectivity index (χ0) is 15.6. The molecule has 0 spiro atoms. The second-order valence-corrected chi connectivity index (χ2v) is 5.53. The minimum atomic E-state index is -1.65. The number of piperidine rings is 1. The standard InChI is InChI=1S/C15H18FN3O3/c16-15(17-11-20)6-8-18(9-7-15)13-10-22-14(21)19(13)12-4-2-1-3-5-12/h1-5,11,13H,6-10H2,(H,17,20). The van der Waals surface area contributed by atoms with Crippen LogP contribution in [0.4, 0.5) is 14.9 Å². The number of rotatable bonds is 4. The number of halogens is 1. The number of nitrogens with one attached hydrogen (secondary N) is 1. The van der Waals surface area contributed by atoms with Gasteiger partial charge in [0.1, 0.15) is 12.8 Å². The SMILES string of the molecule is O=CNC1(F)CCN(C2COC(=O)N2c2ccccc2)CC1. The number of nitrogens with zero attached hydrogens (tertiary/aromatic N) is 2. The lowest BCUT2D eigenvalue weighted by Gasteiger charge is -2.40. The third kappa shape index (κ3) is 2.76. The topological polar surface area (TPSA) is 61.9 Å². The number of benzene rings is 1. The van der Waals surface area contributed by atoms with E-state index in [1.165, 1.54) is 0 Å². The fourth-order valence-electron chi connectivity index (χ4n) is 2.97. The van der Waals surface area contributed by atoms with Crippen molar-refractivity contribution in [3.8, 4) is 0 Å². The fraction of sp³-hybridized carbons (Fsp3) is 0.467. The molecule has 2 aliphatic heterocycles. The van der Waals surface area contributed by atoms with Gasteiger partial charge in [0.15, 0.2) is 5.79 Å². The second kappa shape index (κ2) is 5.92. The predicted molar refractivity (Wildman–Crippen MR) is 77.9 cm³/mol. The van der Waals surface area contributed by atoms with Crippen LogP contribution in [0.2, 0.25) is 0 Å². The normalized spacial score (nSPS) is 24.9. The molecular weight excluding hydrogens is 289 g/mol. The highest BCUT2D eigenvalue weighted by Gasteiger charge is 2.42. The van der Waals surface area contributed by atoms with Crippen LogP contribution in [0, 0.1) is 0 Å². The van der Waals surface area contributed by atoms with Gasteiger partial charge in [-0.1, -0.05) is 18.2 Å². The molecule has 1 N–H and O–H groups in total. The van der Waals surface area contributed by atoms with Crippen LogP contribution in [-0.2, 0) is 9.53 Å². The number of likely N-dealkylation sites (tertiary alicyclic amines) is 1. The first kappa shape index (κ1) is 14.8. The highest BCUT2D eigenvalue weighted by molar-refractivity contribution is 5.90. The van der Waals surface area contributed by atoms with Crippen molar-refractivity contribution in [3.63, 3.8) is 0 Å². The van der Waals surface area contributed by atoms with Crippen LogP contribution < -0.4 is 10.2 Å². The Hall–Kier alpha value is -2.15. The molecule has 1 aromatic rings. The van der Waals surface area contributed by atoms with E-state index in [0.29, 0.717) is 19.5 Å². The van der Waals surface area contributed by atoms with E-state index in [1.807, 2.05) is 35.2 Å². The highest BCUT2D eigenvalue weighted by Crippen LogP contribution is 2.30. The molecule has 0 aliphatic carbocycles. The Balaban J connectivity index is 1.72. The van der Waals surface area contributed by atoms with E-state index in [2.05, 4.69) is 5.32 Å². The van der Waals surface area contributed by atoms with Crippen LogP contribution >= 0.6 is 0 Å². The van der Waals surface area contributed by atoms with Crippen LogP contribution in [0.15, 0.2) is 30.3 Å². The quantitative estimate of drug-likeness (QED) is 0.676. The molecule has 2 amide bonds. The van der Waals surface area contributed by atoms with Crippen LogP contribution in [0.25, 0.3) is 0 Å². The van der Waals surface area contributed by atoms with Gasteiger partial charge in [0, 0.05) is 31.6 Å². The first-order chi connectivity index (χ1) is 10.6. The van der Waals surface area contributed by atoms with Crippen molar-refractivity contribution < 1.29 is 18.7 Å². The zero-order valence-corrected chi connectivity index (χ0v) is 12.1. The number of carbonyl (C=O) groups is 2. The summed E-state index contributed by atoms with van der Waals surface area (Å²) in [5.41, 5.74) is 0.762. The van der Waals surface area contributed by atoms with Gasteiger partial charge in [-0.15, -0.1) is 0 Å². The van der Waals surface area contributed by atoms with Crippen LogP contribution in [0.5, 0.6) is 0 Å². The Bertz CT molecular complexity index is 546. The Kier molecular flexibility index (Phi) is 3.98. The number of ether oxygens (including phenoxy) is 1. The van der Waals surface area contributed by atoms with Gasteiger partial charge in [-0.05, 0) is 12.1 Å². The van der Waals surface area contributed by atoms with E-state index in [0.717, 1.165) is 5.69 Å². The lowest BCUT2D eigenvalue weighted by Crippen LogP contribution is -2.56. The van der Waals surface area contributed by atoms with Crippen molar-refractivity contribution in [3.05, 3.63) is 30.3 Å². The lowest BCUT2D eigenvalue weighted by molar-refractivity contribution is -0.115. The minimum absolute atomic E-state index is 0.194. The van der Waals surface area contributed by atoms with Gasteiger partial charge in [-0.2, -0.15) is 0 Å². The summed E-state index contributed by atoms with van der Waals surface area (Å²) >= 11 is 0. The minimum Gasteiger partial charge on any atom is -0.445 e. The summed E-state index contributed by atoms with van der Waals surface area (Å²) in [6, 6.07) is 9.28. The summed E-state index contributed by atoms with van der Waals surface area (Å²) in [4.78, 5) is 26.1. The maximum Gasteiger partial charge on any atom is 0.415 e.